The molecule has 0 saturated carbocycles. The second kappa shape index (κ2) is 10.4. The van der Waals surface area contributed by atoms with Gasteiger partial charge in [-0.2, -0.15) is 0 Å². The fourth-order valence-electron chi connectivity index (χ4n) is 3.93. The van der Waals surface area contributed by atoms with Gasteiger partial charge in [0.15, 0.2) is 0 Å². The smallest absolute Gasteiger partial charge is 0.243 e. The minimum Gasteiger partial charge on any atom is -0.350 e. The van der Waals surface area contributed by atoms with Gasteiger partial charge in [-0.05, 0) is 49.3 Å². The lowest BCUT2D eigenvalue weighted by Gasteiger charge is -2.26. The molecule has 0 radical (unpaired) electrons. The number of nitrogens with zero attached hydrogens (tertiary/aromatic N) is 1. The average molecular weight is 409 g/mol. The molecule has 1 saturated heterocycles. The van der Waals surface area contributed by atoms with Crippen molar-refractivity contribution in [2.75, 3.05) is 6.54 Å². The van der Waals surface area contributed by atoms with Crippen molar-refractivity contribution in [1.82, 2.24) is 10.2 Å². The van der Waals surface area contributed by atoms with Gasteiger partial charge in [0.25, 0.3) is 0 Å². The number of nitrogens with one attached hydrogen (secondary N) is 1. The van der Waals surface area contributed by atoms with E-state index < -0.39 is 12.1 Å². The predicted octanol–water partition coefficient (Wildman–Crippen LogP) is 2.02. The van der Waals surface area contributed by atoms with Gasteiger partial charge in [-0.15, -0.1) is 0 Å². The van der Waals surface area contributed by atoms with Gasteiger partial charge in [-0.1, -0.05) is 54.1 Å². The van der Waals surface area contributed by atoms with Gasteiger partial charge in [-0.3, -0.25) is 9.59 Å². The molecule has 3 rings (SSSR count). The Morgan fingerprint density at radius 1 is 1.13 bits per heavy atom. The van der Waals surface area contributed by atoms with Crippen LogP contribution in [-0.2, 0) is 29.1 Å². The molecule has 2 aromatic rings. The molecule has 2 amide bonds. The molecule has 0 unspecified atom stereocenters. The summed E-state index contributed by atoms with van der Waals surface area (Å²) in [6.45, 7) is 3.56. The minimum absolute atomic E-state index is 0.116. The van der Waals surface area contributed by atoms with Gasteiger partial charge in [-0.25, -0.2) is 0 Å². The maximum absolute atomic E-state index is 12.9. The number of aryl methyl sites for hydroxylation is 2. The van der Waals surface area contributed by atoms with E-state index in [9.17, 15) is 9.59 Å². The van der Waals surface area contributed by atoms with Crippen LogP contribution in [0.15, 0.2) is 48.5 Å². The van der Waals surface area contributed by atoms with Crippen LogP contribution in [0.25, 0.3) is 0 Å². The van der Waals surface area contributed by atoms with Crippen LogP contribution in [-0.4, -0.2) is 35.3 Å². The van der Waals surface area contributed by atoms with Crippen LogP contribution in [0.3, 0.4) is 0 Å². The zero-order chi connectivity index (χ0) is 21.5. The van der Waals surface area contributed by atoms with Gasteiger partial charge in [0, 0.05) is 19.6 Å². The van der Waals surface area contributed by atoms with Crippen LogP contribution in [0.5, 0.6) is 0 Å². The molecule has 6 heteroatoms. The summed E-state index contributed by atoms with van der Waals surface area (Å²) in [7, 11) is 0. The van der Waals surface area contributed by atoms with Crippen LogP contribution in [0, 0.1) is 6.92 Å². The van der Waals surface area contributed by atoms with Gasteiger partial charge < -0.3 is 21.7 Å². The molecule has 6 nitrogen and oxygen atoms in total. The van der Waals surface area contributed by atoms with Gasteiger partial charge in [0.2, 0.25) is 11.8 Å². The Bertz CT molecular complexity index is 866. The zero-order valence-electron chi connectivity index (χ0n) is 17.6. The molecular weight excluding hydrogens is 376 g/mol. The Morgan fingerprint density at radius 2 is 1.87 bits per heavy atom. The maximum atomic E-state index is 12.9. The summed E-state index contributed by atoms with van der Waals surface area (Å²) in [6.07, 6.45) is 2.81. The molecule has 0 spiro atoms. The number of hydrogen-bond acceptors (Lipinski definition) is 4. The molecular formula is C24H32N4O2. The van der Waals surface area contributed by atoms with Crippen molar-refractivity contribution in [3.63, 3.8) is 0 Å². The third-order valence-corrected chi connectivity index (χ3v) is 5.71. The molecule has 1 fully saturated rings. The summed E-state index contributed by atoms with van der Waals surface area (Å²) in [5.74, 6) is -0.248. The molecule has 0 aromatic heterocycles. The highest BCUT2D eigenvalue weighted by atomic mass is 16.2. The number of rotatable bonds is 8. The van der Waals surface area contributed by atoms with Crippen molar-refractivity contribution >= 4 is 11.8 Å². The van der Waals surface area contributed by atoms with Crippen molar-refractivity contribution in [3.8, 4) is 0 Å². The molecule has 1 heterocycles. The number of benzene rings is 2. The number of carbonyl (C=O) groups excluding carboxylic acids is 2. The molecule has 1 aliphatic heterocycles. The highest BCUT2D eigenvalue weighted by Crippen LogP contribution is 2.20. The van der Waals surface area contributed by atoms with Crippen molar-refractivity contribution in [2.24, 2.45) is 11.5 Å². The molecule has 5 N–H and O–H groups in total. The Morgan fingerprint density at radius 3 is 2.57 bits per heavy atom. The second-order valence-electron chi connectivity index (χ2n) is 8.06. The highest BCUT2D eigenvalue weighted by Gasteiger charge is 2.35. The van der Waals surface area contributed by atoms with Crippen molar-refractivity contribution in [1.29, 1.82) is 0 Å². The van der Waals surface area contributed by atoms with Crippen molar-refractivity contribution in [3.05, 3.63) is 70.8 Å². The normalized spacial score (nSPS) is 17.0. The predicted molar refractivity (Wildman–Crippen MR) is 118 cm³/mol. The number of likely N-dealkylation sites (tertiary alicyclic amines) is 1. The summed E-state index contributed by atoms with van der Waals surface area (Å²) in [5.41, 5.74) is 16.3. The molecule has 0 bridgehead atoms. The highest BCUT2D eigenvalue weighted by molar-refractivity contribution is 5.90. The Labute approximate surface area is 178 Å². The lowest BCUT2D eigenvalue weighted by atomic mass is 10.0. The lowest BCUT2D eigenvalue weighted by Crippen LogP contribution is -2.51. The van der Waals surface area contributed by atoms with E-state index in [1.54, 1.807) is 4.90 Å². The maximum Gasteiger partial charge on any atom is 0.243 e. The van der Waals surface area contributed by atoms with E-state index in [1.165, 1.54) is 11.1 Å². The number of nitrogens with two attached hydrogens (primary N) is 2. The SMILES string of the molecule is Cc1cccc(CC[C@@H](N)C(=O)N2CCC[C@H]2C(=O)NCc2ccc(CN)cc2)c1. The topological polar surface area (TPSA) is 101 Å². The fraction of sp³-hybridized carbons (Fsp3) is 0.417. The zero-order valence-corrected chi connectivity index (χ0v) is 17.6. The summed E-state index contributed by atoms with van der Waals surface area (Å²) >= 11 is 0. The number of hydrogen-bond donors (Lipinski definition) is 3. The molecule has 2 atom stereocenters. The van der Waals surface area contributed by atoms with Gasteiger partial charge in [0.05, 0.1) is 6.04 Å². The summed E-state index contributed by atoms with van der Waals surface area (Å²) in [6, 6.07) is 15.0. The Hall–Kier alpha value is -2.70. The molecule has 30 heavy (non-hydrogen) atoms. The molecule has 1 aliphatic rings. The number of amides is 2. The van der Waals surface area contributed by atoms with E-state index in [0.29, 0.717) is 32.5 Å². The van der Waals surface area contributed by atoms with Crippen molar-refractivity contribution in [2.45, 2.75) is 57.8 Å². The second-order valence-corrected chi connectivity index (χ2v) is 8.06. The van der Waals surface area contributed by atoms with Crippen LogP contribution in [0.1, 0.15) is 41.5 Å². The first kappa shape index (κ1) is 22.0. The van der Waals surface area contributed by atoms with Crippen LogP contribution >= 0.6 is 0 Å². The van der Waals surface area contributed by atoms with Crippen LogP contribution < -0.4 is 16.8 Å². The first-order chi connectivity index (χ1) is 14.5. The molecule has 2 aromatic carbocycles. The summed E-state index contributed by atoms with van der Waals surface area (Å²) < 4.78 is 0. The Balaban J connectivity index is 1.52. The molecule has 160 valence electrons. The Kier molecular flexibility index (Phi) is 7.60. The van der Waals surface area contributed by atoms with E-state index in [1.807, 2.05) is 30.3 Å². The van der Waals surface area contributed by atoms with E-state index >= 15 is 0 Å². The van der Waals surface area contributed by atoms with Gasteiger partial charge >= 0.3 is 0 Å². The van der Waals surface area contributed by atoms with E-state index in [-0.39, 0.29) is 11.8 Å². The third-order valence-electron chi connectivity index (χ3n) is 5.71. The lowest BCUT2D eigenvalue weighted by molar-refractivity contribution is -0.139. The fourth-order valence-corrected chi connectivity index (χ4v) is 3.93. The van der Waals surface area contributed by atoms with Crippen molar-refractivity contribution < 1.29 is 9.59 Å². The third kappa shape index (κ3) is 5.68. The van der Waals surface area contributed by atoms with Crippen LogP contribution in [0.4, 0.5) is 0 Å². The number of carbonyl (C=O) groups is 2. The standard InChI is InChI=1S/C24H32N4O2/c1-17-4-2-5-18(14-17)11-12-21(26)24(30)28-13-3-6-22(28)23(29)27-16-20-9-7-19(15-25)8-10-20/h2,4-5,7-10,14,21-22H,3,6,11-13,15-16,25-26H2,1H3,(H,27,29)/t21-,22+/m1/s1. The van der Waals surface area contributed by atoms with E-state index in [4.69, 9.17) is 11.5 Å². The molecule has 0 aliphatic carbocycles. The largest absolute Gasteiger partial charge is 0.350 e. The quantitative estimate of drug-likeness (QED) is 0.622. The van der Waals surface area contributed by atoms with Gasteiger partial charge in [0.1, 0.15) is 6.04 Å². The summed E-state index contributed by atoms with van der Waals surface area (Å²) in [4.78, 5) is 27.3. The van der Waals surface area contributed by atoms with E-state index in [2.05, 4.69) is 30.4 Å². The summed E-state index contributed by atoms with van der Waals surface area (Å²) in [5, 5.41) is 2.96. The minimum atomic E-state index is -0.595. The average Bonchev–Trinajstić information content (AvgIpc) is 3.25. The first-order valence-corrected chi connectivity index (χ1v) is 10.6. The van der Waals surface area contributed by atoms with E-state index in [0.717, 1.165) is 24.0 Å². The first-order valence-electron chi connectivity index (χ1n) is 10.6. The van der Waals surface area contributed by atoms with Crippen LogP contribution in [0.2, 0.25) is 0 Å². The monoisotopic (exact) mass is 408 g/mol.